The number of hydrogen-bond acceptors (Lipinski definition) is 9. The molecule has 8 aliphatic carbocycles. The summed E-state index contributed by atoms with van der Waals surface area (Å²) in [6, 6.07) is 80.9. The van der Waals surface area contributed by atoms with E-state index in [1.165, 1.54) is 87.6 Å². The zero-order chi connectivity index (χ0) is 80.0. The molecule has 0 unspecified atom stereocenters. The van der Waals surface area contributed by atoms with Gasteiger partial charge in [-0.25, -0.2) is 0 Å². The third kappa shape index (κ3) is 20.2. The summed E-state index contributed by atoms with van der Waals surface area (Å²) in [6.07, 6.45) is 22.3. The molecule has 0 bridgehead atoms. The molecule has 4 saturated carbocycles. The van der Waals surface area contributed by atoms with Crippen LogP contribution in [0.2, 0.25) is 0 Å². The number of benzene rings is 8. The van der Waals surface area contributed by atoms with Crippen molar-refractivity contribution in [2.45, 2.75) is 163 Å². The zero-order valence-electron chi connectivity index (χ0n) is 65.1. The van der Waals surface area contributed by atoms with Crippen LogP contribution >= 0.6 is 34.9 Å². The van der Waals surface area contributed by atoms with Gasteiger partial charge < -0.3 is 23.7 Å². The molecule has 594 valence electrons. The SMILES string of the molecule is CC(=O)O[C@H]1CC[C@@]2(C)C(=CC[C@@H]3[C@@H]2CC[C@]2(C)C(OS(=O)(=O)C(F)(F)F)=CC[C@@H]32)C1.CC(=O)O[C@H]1CC[C@@]2(C)C(=CC[C@@H]3[C@@H]2CC[C@]2(C)C(c4cccc(C)c4)=CC[C@@H]32)C1.Cc1cccc(B(O)O)c1.[Cl][Pd][Cl].c1ccc(P(c2ccccc2)c2ccccc2)cc1.c1ccc(P(c2ccccc2)c2ccccc2)cc1. The largest absolute Gasteiger partial charge is 0.0622 e. The van der Waals surface area contributed by atoms with Gasteiger partial charge in [0.1, 0.15) is 18.0 Å². The molecule has 9 nitrogen and oxygen atoms in total. The Labute approximate surface area is 681 Å². The Hall–Kier alpha value is -6.71. The molecule has 0 aliphatic heterocycles. The van der Waals surface area contributed by atoms with E-state index in [0.717, 1.165) is 68.3 Å². The van der Waals surface area contributed by atoms with Crippen LogP contribution in [0, 0.1) is 71.0 Å². The van der Waals surface area contributed by atoms with Gasteiger partial charge in [0.15, 0.2) is 0 Å². The molecular weight excluding hydrogens is 1600 g/mol. The second-order valence-corrected chi connectivity index (χ2v) is 40.2. The van der Waals surface area contributed by atoms with Crippen molar-refractivity contribution in [2.75, 3.05) is 0 Å². The molecule has 0 radical (unpaired) electrons. The van der Waals surface area contributed by atoms with E-state index in [1.807, 2.05) is 19.9 Å². The van der Waals surface area contributed by atoms with E-state index in [1.54, 1.807) is 42.3 Å². The van der Waals surface area contributed by atoms with Crippen molar-refractivity contribution >= 4 is 107 Å². The van der Waals surface area contributed by atoms with E-state index >= 15 is 0 Å². The van der Waals surface area contributed by atoms with Crippen LogP contribution in [0.3, 0.4) is 0 Å². The summed E-state index contributed by atoms with van der Waals surface area (Å²) in [5.74, 6) is 2.53. The molecule has 4 fully saturated rings. The summed E-state index contributed by atoms with van der Waals surface area (Å²) in [5.41, 5.74) is 3.31. The number of fused-ring (bicyclic) bond motifs is 10. The Bertz CT molecular complexity index is 4400. The van der Waals surface area contributed by atoms with Gasteiger partial charge in [0.2, 0.25) is 0 Å². The molecule has 12 atom stereocenters. The third-order valence-electron chi connectivity index (χ3n) is 25.1. The van der Waals surface area contributed by atoms with Gasteiger partial charge >= 0.3 is 69.7 Å². The molecule has 8 aromatic carbocycles. The second-order valence-electron chi connectivity index (χ2n) is 31.9. The molecule has 0 amide bonds. The number of hydrogen-bond donors (Lipinski definition) is 2. The average molecular weight is 1700 g/mol. The molecule has 0 aromatic heterocycles. The molecule has 0 heterocycles. The molecule has 0 spiro atoms. The summed E-state index contributed by atoms with van der Waals surface area (Å²) in [7, 11) is 1.72. The molecule has 112 heavy (non-hydrogen) atoms. The maximum Gasteiger partial charge on any atom is -0.0134 e. The standard InChI is InChI=1S/C28H36O2.C22H29F3O5S.2C18H15P.C7H9BO2.2ClH.Pd/c1-18-6-5-7-20(16-18)24-10-11-25-23-9-8-21-17-22(30-19(2)29)12-14-27(21,3)26(23)13-15-28(24,25)4;1-13(26)29-15-8-10-20(2)14(12-15)4-5-16-17-6-7-19(21(17,3)11-9-18(16)20)30-31(27,28)22(23,24)25;2*1-4-10-16(11-5-1)19(17-12-6-2-7-13-17)18-14-8-3-9-15-18;1-6-3-2-4-7(5-6)8(9)10;;;/h5-8,10,16,22-23,25-26H,9,11-15,17H2,1-4H3;4,7,15-18H,5-6,8-12H2,1-3H3;2*1-15H;2-5,9-10H,1H3;2*1H;/q;;;;;;;+2/p-2/t22-,23-,25-,26-,27-,28+;15-,16-,17-,18-,20-,21-;;;;;;/m00....../s1. The van der Waals surface area contributed by atoms with Crippen molar-refractivity contribution < 1.29 is 70.8 Å². The fraction of sp³-hybridized carbons (Fsp3) is 0.376. The van der Waals surface area contributed by atoms with Crippen molar-refractivity contribution in [2.24, 2.45) is 57.2 Å². The fourth-order valence-electron chi connectivity index (χ4n) is 19.8. The Morgan fingerprint density at radius 3 is 1.16 bits per heavy atom. The molecule has 8 aromatic rings. The molecule has 8 aliphatic rings. The first kappa shape index (κ1) is 86.2. The number of halogens is 5. The predicted octanol–water partition coefficient (Wildman–Crippen LogP) is 20.1. The maximum absolute atomic E-state index is 12.9. The van der Waals surface area contributed by atoms with Crippen molar-refractivity contribution in [3.63, 3.8) is 0 Å². The number of rotatable bonds is 12. The minimum Gasteiger partial charge on any atom is -0.0622 e. The van der Waals surface area contributed by atoms with Crippen LogP contribution in [0.1, 0.15) is 148 Å². The van der Waals surface area contributed by atoms with E-state index in [4.69, 9.17) is 38.6 Å². The first-order chi connectivity index (χ1) is 53.6. The number of alkyl halides is 3. The van der Waals surface area contributed by atoms with E-state index in [0.29, 0.717) is 35.1 Å². The number of esters is 2. The van der Waals surface area contributed by atoms with Crippen LogP contribution in [0.25, 0.3) is 5.57 Å². The van der Waals surface area contributed by atoms with E-state index < -0.39 is 44.0 Å². The minimum atomic E-state index is -5.67. The average Bonchev–Trinajstić information content (AvgIpc) is 1.48. The van der Waals surface area contributed by atoms with Gasteiger partial charge in [-0.1, -0.05) is 299 Å². The number of ether oxygens (including phenoxy) is 2. The minimum absolute atomic E-state index is 0.0252. The number of aryl methyl sites for hydroxylation is 2. The van der Waals surface area contributed by atoms with Crippen LogP contribution in [0.4, 0.5) is 13.2 Å². The summed E-state index contributed by atoms with van der Waals surface area (Å²) in [5, 5.41) is 25.8. The number of allylic oxidation sites excluding steroid dienone is 6. The van der Waals surface area contributed by atoms with Crippen LogP contribution < -0.4 is 37.3 Å². The Morgan fingerprint density at radius 1 is 0.464 bits per heavy atom. The van der Waals surface area contributed by atoms with Gasteiger partial charge in [0, 0.05) is 32.1 Å². The normalized spacial score (nSPS) is 26.4. The predicted molar refractivity (Wildman–Crippen MR) is 452 cm³/mol. The van der Waals surface area contributed by atoms with Crippen molar-refractivity contribution in [1.82, 2.24) is 0 Å². The maximum atomic E-state index is 12.9. The van der Waals surface area contributed by atoms with E-state index in [9.17, 15) is 31.2 Å². The zero-order valence-corrected chi connectivity index (χ0v) is 70.8. The van der Waals surface area contributed by atoms with Gasteiger partial charge in [-0.2, -0.15) is 21.6 Å². The van der Waals surface area contributed by atoms with Gasteiger partial charge in [-0.15, -0.1) is 0 Å². The Balaban J connectivity index is 0.000000143. The summed E-state index contributed by atoms with van der Waals surface area (Å²) >= 11 is -0.106. The van der Waals surface area contributed by atoms with Crippen molar-refractivity contribution in [1.29, 1.82) is 0 Å². The molecular formula is C93H104BCl2F3O9P2PdS. The molecule has 16 rings (SSSR count). The quantitative estimate of drug-likeness (QED) is 0.0306. The van der Waals surface area contributed by atoms with Gasteiger partial charge in [0.05, 0.1) is 0 Å². The molecule has 19 heteroatoms. The topological polar surface area (TPSA) is 136 Å². The van der Waals surface area contributed by atoms with Crippen molar-refractivity contribution in [3.05, 3.63) is 288 Å². The van der Waals surface area contributed by atoms with Crippen LogP contribution in [-0.4, -0.2) is 55.2 Å². The second kappa shape index (κ2) is 38.4. The number of carbonyl (C=O) groups is 2. The smallest absolute Gasteiger partial charge is 0.0134 e. The van der Waals surface area contributed by atoms with Gasteiger partial charge in [-0.3, -0.25) is 9.59 Å². The first-order valence-corrected chi connectivity index (χ1v) is 47.1. The summed E-state index contributed by atoms with van der Waals surface area (Å²) in [4.78, 5) is 22.8. The fourth-order valence-corrected chi connectivity index (χ4v) is 25.0. The number of carbonyl (C=O) groups excluding carboxylic acids is 2. The van der Waals surface area contributed by atoms with E-state index in [2.05, 4.69) is 256 Å². The summed E-state index contributed by atoms with van der Waals surface area (Å²) < 4.78 is 77.5. The Kier molecular flexibility index (Phi) is 29.5. The van der Waals surface area contributed by atoms with E-state index in [-0.39, 0.29) is 63.1 Å². The Morgan fingerprint density at radius 2 is 0.812 bits per heavy atom. The molecule has 2 N–H and O–H groups in total. The van der Waals surface area contributed by atoms with Crippen molar-refractivity contribution in [3.8, 4) is 0 Å². The third-order valence-corrected chi connectivity index (χ3v) is 31.0. The first-order valence-electron chi connectivity index (χ1n) is 39.0. The summed E-state index contributed by atoms with van der Waals surface area (Å²) in [6.45, 7) is 16.3. The van der Waals surface area contributed by atoms with Crippen LogP contribution in [-0.2, 0) is 49.3 Å². The van der Waals surface area contributed by atoms with Gasteiger partial charge in [-0.05, 0) is 213 Å². The monoisotopic (exact) mass is 1700 g/mol. The molecule has 0 saturated heterocycles. The van der Waals surface area contributed by atoms with Crippen LogP contribution in [0.15, 0.2) is 272 Å². The van der Waals surface area contributed by atoms with Crippen LogP contribution in [0.5, 0.6) is 0 Å². The van der Waals surface area contributed by atoms with Gasteiger partial charge in [0.25, 0.3) is 0 Å².